The highest BCUT2D eigenvalue weighted by atomic mass is 16.6. The van der Waals surface area contributed by atoms with Crippen LogP contribution in [0.4, 0.5) is 4.79 Å². The summed E-state index contributed by atoms with van der Waals surface area (Å²) in [5.41, 5.74) is 0.936. The van der Waals surface area contributed by atoms with Gasteiger partial charge in [0.2, 0.25) is 0 Å². The van der Waals surface area contributed by atoms with Crippen LogP contribution in [-0.2, 0) is 10.2 Å². The zero-order chi connectivity index (χ0) is 13.7. The van der Waals surface area contributed by atoms with Gasteiger partial charge in [-0.1, -0.05) is 30.3 Å². The van der Waals surface area contributed by atoms with Gasteiger partial charge in [0.25, 0.3) is 0 Å². The van der Waals surface area contributed by atoms with E-state index >= 15 is 0 Å². The van der Waals surface area contributed by atoms with Crippen molar-refractivity contribution >= 4 is 6.09 Å². The minimum Gasteiger partial charge on any atom is -0.450 e. The third-order valence-electron chi connectivity index (χ3n) is 3.94. The third kappa shape index (κ3) is 2.89. The van der Waals surface area contributed by atoms with Gasteiger partial charge in [0.15, 0.2) is 0 Å². The second-order valence-corrected chi connectivity index (χ2v) is 4.99. The van der Waals surface area contributed by atoms with Crippen molar-refractivity contribution in [3.05, 3.63) is 35.9 Å². The number of aliphatic hydroxyl groups excluding tert-OH is 1. The van der Waals surface area contributed by atoms with E-state index in [1.807, 2.05) is 25.1 Å². The normalized spacial score (nSPS) is 18.1. The molecule has 4 heteroatoms. The zero-order valence-corrected chi connectivity index (χ0v) is 11.3. The molecule has 1 saturated heterocycles. The molecule has 1 fully saturated rings. The largest absolute Gasteiger partial charge is 0.450 e. The molecule has 0 aromatic heterocycles. The Morgan fingerprint density at radius 1 is 1.32 bits per heavy atom. The van der Waals surface area contributed by atoms with Crippen molar-refractivity contribution in [1.82, 2.24) is 4.90 Å². The highest BCUT2D eigenvalue weighted by Gasteiger charge is 2.37. The minimum atomic E-state index is -0.248. The molecule has 0 atom stereocenters. The van der Waals surface area contributed by atoms with Gasteiger partial charge >= 0.3 is 6.09 Å². The Hall–Kier alpha value is -1.55. The number of hydrogen-bond donors (Lipinski definition) is 1. The molecule has 1 N–H and O–H groups in total. The van der Waals surface area contributed by atoms with Crippen molar-refractivity contribution in [2.45, 2.75) is 25.2 Å². The number of carbonyl (C=O) groups excluding carboxylic acids is 1. The summed E-state index contributed by atoms with van der Waals surface area (Å²) in [5, 5.41) is 9.79. The van der Waals surface area contributed by atoms with Crippen molar-refractivity contribution < 1.29 is 14.6 Å². The van der Waals surface area contributed by atoms with Gasteiger partial charge < -0.3 is 14.7 Å². The molecule has 104 valence electrons. The van der Waals surface area contributed by atoms with Crippen molar-refractivity contribution in [2.75, 3.05) is 26.3 Å². The van der Waals surface area contributed by atoms with Crippen LogP contribution in [0, 0.1) is 0 Å². The SMILES string of the molecule is CCOC(=O)N1CCC(CO)(c2ccccc2)CC1. The van der Waals surface area contributed by atoms with Gasteiger partial charge in [-0.2, -0.15) is 0 Å². The number of ether oxygens (including phenoxy) is 1. The summed E-state index contributed by atoms with van der Waals surface area (Å²) in [6.45, 7) is 3.60. The fourth-order valence-corrected chi connectivity index (χ4v) is 2.66. The molecule has 0 unspecified atom stereocenters. The van der Waals surface area contributed by atoms with Gasteiger partial charge in [0.05, 0.1) is 13.2 Å². The molecule has 2 rings (SSSR count). The van der Waals surface area contributed by atoms with Gasteiger partial charge in [-0.15, -0.1) is 0 Å². The molecule has 19 heavy (non-hydrogen) atoms. The van der Waals surface area contributed by atoms with Crippen LogP contribution in [0.25, 0.3) is 0 Å². The summed E-state index contributed by atoms with van der Waals surface area (Å²) in [6.07, 6.45) is 1.29. The van der Waals surface area contributed by atoms with Crippen molar-refractivity contribution in [1.29, 1.82) is 0 Å². The lowest BCUT2D eigenvalue weighted by Gasteiger charge is -2.40. The van der Waals surface area contributed by atoms with Gasteiger partial charge in [-0.05, 0) is 25.3 Å². The molecule has 0 aliphatic carbocycles. The maximum absolute atomic E-state index is 11.7. The lowest BCUT2D eigenvalue weighted by atomic mass is 9.73. The molecule has 1 aromatic rings. The number of hydrogen-bond acceptors (Lipinski definition) is 3. The summed E-state index contributed by atoms with van der Waals surface area (Å²) < 4.78 is 5.01. The molecule has 1 amide bonds. The topological polar surface area (TPSA) is 49.8 Å². The smallest absolute Gasteiger partial charge is 0.409 e. The molecule has 0 bridgehead atoms. The predicted octanol–water partition coefficient (Wildman–Crippen LogP) is 2.17. The number of piperidine rings is 1. The van der Waals surface area contributed by atoms with Crippen LogP contribution in [0.1, 0.15) is 25.3 Å². The van der Waals surface area contributed by atoms with E-state index in [0.29, 0.717) is 19.7 Å². The van der Waals surface area contributed by atoms with E-state index in [0.717, 1.165) is 18.4 Å². The second-order valence-electron chi connectivity index (χ2n) is 4.99. The number of aliphatic hydroxyl groups is 1. The summed E-state index contributed by atoms with van der Waals surface area (Å²) in [5.74, 6) is 0. The van der Waals surface area contributed by atoms with Gasteiger partial charge in [0, 0.05) is 18.5 Å². The van der Waals surface area contributed by atoms with E-state index in [2.05, 4.69) is 12.1 Å². The fourth-order valence-electron chi connectivity index (χ4n) is 2.66. The summed E-state index contributed by atoms with van der Waals surface area (Å²) in [4.78, 5) is 13.4. The summed E-state index contributed by atoms with van der Waals surface area (Å²) >= 11 is 0. The quantitative estimate of drug-likeness (QED) is 0.909. The van der Waals surface area contributed by atoms with Gasteiger partial charge in [-0.25, -0.2) is 4.79 Å². The first-order valence-electron chi connectivity index (χ1n) is 6.80. The second kappa shape index (κ2) is 6.06. The highest BCUT2D eigenvalue weighted by Crippen LogP contribution is 2.35. The number of benzene rings is 1. The minimum absolute atomic E-state index is 0.119. The maximum Gasteiger partial charge on any atom is 0.409 e. The number of amides is 1. The first-order chi connectivity index (χ1) is 9.22. The Balaban J connectivity index is 2.06. The Labute approximate surface area is 114 Å². The van der Waals surface area contributed by atoms with E-state index in [1.54, 1.807) is 4.90 Å². The van der Waals surface area contributed by atoms with Crippen LogP contribution < -0.4 is 0 Å². The van der Waals surface area contributed by atoms with Gasteiger partial charge in [-0.3, -0.25) is 0 Å². The van der Waals surface area contributed by atoms with E-state index in [1.165, 1.54) is 0 Å². The molecule has 1 heterocycles. The van der Waals surface area contributed by atoms with Crippen molar-refractivity contribution in [3.63, 3.8) is 0 Å². The molecule has 0 spiro atoms. The lowest BCUT2D eigenvalue weighted by Crippen LogP contribution is -2.47. The number of carbonyl (C=O) groups is 1. The summed E-state index contributed by atoms with van der Waals surface area (Å²) in [7, 11) is 0. The number of nitrogens with zero attached hydrogens (tertiary/aromatic N) is 1. The van der Waals surface area contributed by atoms with E-state index in [-0.39, 0.29) is 18.1 Å². The monoisotopic (exact) mass is 263 g/mol. The molecule has 1 aromatic carbocycles. The Morgan fingerprint density at radius 2 is 1.95 bits per heavy atom. The van der Waals surface area contributed by atoms with Crippen LogP contribution >= 0.6 is 0 Å². The molecule has 1 aliphatic rings. The fraction of sp³-hybridized carbons (Fsp3) is 0.533. The Bertz CT molecular complexity index is 411. The van der Waals surface area contributed by atoms with Crippen LogP contribution in [0.2, 0.25) is 0 Å². The average molecular weight is 263 g/mol. The van der Waals surface area contributed by atoms with Gasteiger partial charge in [0.1, 0.15) is 0 Å². The Morgan fingerprint density at radius 3 is 2.47 bits per heavy atom. The number of likely N-dealkylation sites (tertiary alicyclic amines) is 1. The molecule has 0 radical (unpaired) electrons. The van der Waals surface area contributed by atoms with Crippen molar-refractivity contribution in [2.24, 2.45) is 0 Å². The van der Waals surface area contributed by atoms with Crippen LogP contribution in [0.15, 0.2) is 30.3 Å². The highest BCUT2D eigenvalue weighted by molar-refractivity contribution is 5.67. The Kier molecular flexibility index (Phi) is 4.43. The lowest BCUT2D eigenvalue weighted by molar-refractivity contribution is 0.0702. The zero-order valence-electron chi connectivity index (χ0n) is 11.3. The maximum atomic E-state index is 11.7. The first-order valence-corrected chi connectivity index (χ1v) is 6.80. The molecule has 4 nitrogen and oxygen atoms in total. The molecular formula is C15H21NO3. The van der Waals surface area contributed by atoms with Crippen LogP contribution in [0.3, 0.4) is 0 Å². The third-order valence-corrected chi connectivity index (χ3v) is 3.94. The van der Waals surface area contributed by atoms with E-state index in [9.17, 15) is 9.90 Å². The molecular weight excluding hydrogens is 242 g/mol. The van der Waals surface area contributed by atoms with Crippen LogP contribution in [-0.4, -0.2) is 42.4 Å². The van der Waals surface area contributed by atoms with E-state index < -0.39 is 0 Å². The van der Waals surface area contributed by atoms with Crippen molar-refractivity contribution in [3.8, 4) is 0 Å². The average Bonchev–Trinajstić information content (AvgIpc) is 2.48. The number of rotatable bonds is 3. The standard InChI is InChI=1S/C15H21NO3/c1-2-19-14(18)16-10-8-15(12-17,9-11-16)13-6-4-3-5-7-13/h3-7,17H,2,8-12H2,1H3. The first kappa shape index (κ1) is 13.9. The predicted molar refractivity (Wildman–Crippen MR) is 73.0 cm³/mol. The molecule has 0 saturated carbocycles. The van der Waals surface area contributed by atoms with E-state index in [4.69, 9.17) is 4.74 Å². The molecule has 1 aliphatic heterocycles. The van der Waals surface area contributed by atoms with Crippen LogP contribution in [0.5, 0.6) is 0 Å². The summed E-state index contributed by atoms with van der Waals surface area (Å²) in [6, 6.07) is 10.1.